The minimum Gasteiger partial charge on any atom is -0.463 e. The van der Waals surface area contributed by atoms with Crippen LogP contribution in [0.3, 0.4) is 0 Å². The van der Waals surface area contributed by atoms with Crippen LogP contribution >= 0.6 is 0 Å². The number of benzene rings is 1. The zero-order valence-corrected chi connectivity index (χ0v) is 13.7. The molecule has 2 N–H and O–H groups in total. The van der Waals surface area contributed by atoms with E-state index >= 15 is 0 Å². The maximum atomic E-state index is 12.6. The number of piperidine rings is 2. The van der Waals surface area contributed by atoms with Crippen LogP contribution in [0.4, 0.5) is 0 Å². The topological polar surface area (TPSA) is 70.0 Å². The molecule has 4 rings (SSSR count). The summed E-state index contributed by atoms with van der Waals surface area (Å²) in [7, 11) is 0. The minimum atomic E-state index is -1.77. The van der Waals surface area contributed by atoms with Gasteiger partial charge in [0.25, 0.3) is 0 Å². The Morgan fingerprint density at radius 2 is 1.91 bits per heavy atom. The number of ether oxygens (including phenoxy) is 1. The molecule has 1 saturated carbocycles. The zero-order chi connectivity index (χ0) is 16.7. The van der Waals surface area contributed by atoms with E-state index in [0.29, 0.717) is 25.7 Å². The lowest BCUT2D eigenvalue weighted by atomic mass is 9.69. The predicted molar refractivity (Wildman–Crippen MR) is 85.2 cm³/mol. The van der Waals surface area contributed by atoms with Gasteiger partial charge < -0.3 is 14.9 Å². The van der Waals surface area contributed by atoms with Crippen molar-refractivity contribution in [1.82, 2.24) is 4.90 Å². The Kier molecular flexibility index (Phi) is 4.21. The van der Waals surface area contributed by atoms with E-state index in [-0.39, 0.29) is 18.6 Å². The van der Waals surface area contributed by atoms with Crippen molar-refractivity contribution in [3.05, 3.63) is 35.9 Å². The van der Waals surface area contributed by atoms with Gasteiger partial charge in [0, 0.05) is 12.0 Å². The van der Waals surface area contributed by atoms with Crippen LogP contribution in [-0.2, 0) is 9.53 Å². The molecule has 2 saturated heterocycles. The van der Waals surface area contributed by atoms with Crippen molar-refractivity contribution >= 4 is 5.97 Å². The van der Waals surface area contributed by atoms with Gasteiger partial charge in [-0.25, -0.2) is 9.69 Å². The van der Waals surface area contributed by atoms with Gasteiger partial charge in [-0.3, -0.25) is 0 Å². The monoisotopic (exact) mass is 319 g/mol. The number of hydrogen-bond donors (Lipinski definition) is 2. The highest BCUT2D eigenvalue weighted by Gasteiger charge is 2.64. The molecule has 0 radical (unpaired) electrons. The van der Waals surface area contributed by atoms with Gasteiger partial charge in [0.15, 0.2) is 0 Å². The van der Waals surface area contributed by atoms with E-state index in [1.165, 1.54) is 0 Å². The molecule has 2 heterocycles. The summed E-state index contributed by atoms with van der Waals surface area (Å²) in [5, 5.41) is 22.4. The molecule has 1 aromatic carbocycles. The zero-order valence-electron chi connectivity index (χ0n) is 13.7. The van der Waals surface area contributed by atoms with Gasteiger partial charge >= 0.3 is 5.97 Å². The Hall–Kier alpha value is -1.43. The molecule has 1 aromatic rings. The first-order valence-electron chi connectivity index (χ1n) is 8.40. The maximum absolute atomic E-state index is 12.6. The first-order valence-corrected chi connectivity index (χ1v) is 8.40. The van der Waals surface area contributed by atoms with Crippen molar-refractivity contribution in [2.45, 2.75) is 57.0 Å². The Morgan fingerprint density at radius 3 is 2.48 bits per heavy atom. The van der Waals surface area contributed by atoms with E-state index in [9.17, 15) is 15.0 Å². The van der Waals surface area contributed by atoms with Crippen LogP contribution in [0.2, 0.25) is 0 Å². The molecule has 2 aliphatic heterocycles. The molecule has 2 atom stereocenters. The van der Waals surface area contributed by atoms with Crippen LogP contribution in [-0.4, -0.2) is 39.1 Å². The first-order chi connectivity index (χ1) is 10.9. The molecule has 2 bridgehead atoms. The van der Waals surface area contributed by atoms with E-state index in [0.717, 1.165) is 5.56 Å². The summed E-state index contributed by atoms with van der Waals surface area (Å²) in [6, 6.07) is 9.36. The molecular weight excluding hydrogens is 294 g/mol. The number of nitrogens with zero attached hydrogens (tertiary/aromatic N) is 1. The van der Waals surface area contributed by atoms with Gasteiger partial charge in [-0.1, -0.05) is 30.3 Å². The summed E-state index contributed by atoms with van der Waals surface area (Å²) in [6.07, 6.45) is 2.39. The highest BCUT2D eigenvalue weighted by molar-refractivity contribution is 5.80. The average Bonchev–Trinajstić information content (AvgIpc) is 2.55. The Balaban J connectivity index is 2.04. The van der Waals surface area contributed by atoms with E-state index in [1.807, 2.05) is 37.3 Å². The lowest BCUT2D eigenvalue weighted by Gasteiger charge is -2.60. The lowest BCUT2D eigenvalue weighted by Crippen LogP contribution is -2.74. The molecule has 0 spiro atoms. The third-order valence-corrected chi connectivity index (χ3v) is 5.42. The van der Waals surface area contributed by atoms with Gasteiger partial charge in [-0.05, 0) is 45.1 Å². The number of carbonyl (C=O) groups excluding carboxylic acids is 1. The standard InChI is InChI=1S/C18H25NO4/c1-3-23-16(20)18(22)15-9-11-17(21,12-10-15)19(18)13(2)14-7-5-4-6-8-14/h4-8,13,15,21-22H,3,9-12H2,1-2H3/t13-,15?,17?,18?/m1/s1. The van der Waals surface area contributed by atoms with Crippen LogP contribution in [0, 0.1) is 5.92 Å². The fraction of sp³-hybridized carbons (Fsp3) is 0.611. The van der Waals surface area contributed by atoms with E-state index in [2.05, 4.69) is 0 Å². The smallest absolute Gasteiger partial charge is 0.354 e. The van der Waals surface area contributed by atoms with E-state index < -0.39 is 17.4 Å². The summed E-state index contributed by atoms with van der Waals surface area (Å²) in [5.74, 6) is -0.854. The molecule has 0 amide bonds. The number of carbonyl (C=O) groups is 1. The molecule has 126 valence electrons. The normalized spacial score (nSPS) is 35.0. The average molecular weight is 319 g/mol. The van der Waals surface area contributed by atoms with Gasteiger partial charge in [0.2, 0.25) is 5.72 Å². The van der Waals surface area contributed by atoms with E-state index in [1.54, 1.807) is 11.8 Å². The Bertz CT molecular complexity index is 568. The van der Waals surface area contributed by atoms with E-state index in [4.69, 9.17) is 4.74 Å². The van der Waals surface area contributed by atoms with Crippen LogP contribution in [0.25, 0.3) is 0 Å². The highest BCUT2D eigenvalue weighted by Crippen LogP contribution is 2.53. The minimum absolute atomic E-state index is 0.207. The molecule has 5 nitrogen and oxygen atoms in total. The maximum Gasteiger partial charge on any atom is 0.354 e. The number of rotatable bonds is 4. The summed E-state index contributed by atoms with van der Waals surface area (Å²) in [5.41, 5.74) is -1.99. The molecular formula is C18H25NO4. The summed E-state index contributed by atoms with van der Waals surface area (Å²) < 4.78 is 5.16. The molecule has 5 heteroatoms. The quantitative estimate of drug-likeness (QED) is 0.833. The summed E-state index contributed by atoms with van der Waals surface area (Å²) in [6.45, 7) is 3.85. The number of hydrogen-bond acceptors (Lipinski definition) is 5. The van der Waals surface area contributed by atoms with Crippen molar-refractivity contribution in [3.63, 3.8) is 0 Å². The fourth-order valence-electron chi connectivity index (χ4n) is 4.28. The van der Waals surface area contributed by atoms with Crippen molar-refractivity contribution < 1.29 is 19.7 Å². The van der Waals surface area contributed by atoms with Crippen molar-refractivity contribution in [3.8, 4) is 0 Å². The highest BCUT2D eigenvalue weighted by atomic mass is 16.6. The second kappa shape index (κ2) is 5.89. The van der Waals surface area contributed by atoms with Crippen LogP contribution in [0.1, 0.15) is 51.1 Å². The fourth-order valence-corrected chi connectivity index (χ4v) is 4.28. The van der Waals surface area contributed by atoms with Gasteiger partial charge in [0.1, 0.15) is 5.72 Å². The SMILES string of the molecule is CCOC(=O)C1(O)C2CCC(O)(CC2)N1[C@H](C)c1ccccc1. The van der Waals surface area contributed by atoms with Crippen molar-refractivity contribution in [1.29, 1.82) is 0 Å². The van der Waals surface area contributed by atoms with Crippen LogP contribution in [0.5, 0.6) is 0 Å². The van der Waals surface area contributed by atoms with Gasteiger partial charge in [-0.15, -0.1) is 0 Å². The van der Waals surface area contributed by atoms with Gasteiger partial charge in [-0.2, -0.15) is 0 Å². The van der Waals surface area contributed by atoms with Crippen molar-refractivity contribution in [2.75, 3.05) is 6.61 Å². The second-order valence-electron chi connectivity index (χ2n) is 6.66. The van der Waals surface area contributed by atoms with Gasteiger partial charge in [0.05, 0.1) is 6.61 Å². The number of fused-ring (bicyclic) bond motifs is 3. The first kappa shape index (κ1) is 16.4. The van der Waals surface area contributed by atoms with Crippen LogP contribution in [0.15, 0.2) is 30.3 Å². The molecule has 3 fully saturated rings. The molecule has 0 aromatic heterocycles. The summed E-state index contributed by atoms with van der Waals surface area (Å²) >= 11 is 0. The third-order valence-electron chi connectivity index (χ3n) is 5.42. The van der Waals surface area contributed by atoms with Crippen molar-refractivity contribution in [2.24, 2.45) is 5.92 Å². The molecule has 1 unspecified atom stereocenters. The molecule has 3 aliphatic rings. The molecule has 23 heavy (non-hydrogen) atoms. The summed E-state index contributed by atoms with van der Waals surface area (Å²) in [4.78, 5) is 14.2. The number of aliphatic hydroxyl groups is 2. The predicted octanol–water partition coefficient (Wildman–Crippen LogP) is 2.19. The Morgan fingerprint density at radius 1 is 1.30 bits per heavy atom. The van der Waals surface area contributed by atoms with Crippen LogP contribution < -0.4 is 0 Å². The Labute approximate surface area is 136 Å². The number of esters is 1. The molecule has 1 aliphatic carbocycles. The second-order valence-corrected chi connectivity index (χ2v) is 6.66. The third kappa shape index (κ3) is 2.47. The lowest BCUT2D eigenvalue weighted by molar-refractivity contribution is -0.318. The largest absolute Gasteiger partial charge is 0.463 e.